The fourth-order valence-corrected chi connectivity index (χ4v) is 3.07. The molecule has 0 saturated carbocycles. The van der Waals surface area contributed by atoms with Gasteiger partial charge < -0.3 is 14.4 Å². The van der Waals surface area contributed by atoms with E-state index in [1.165, 1.54) is 17.1 Å². The van der Waals surface area contributed by atoms with E-state index in [9.17, 15) is 14.9 Å². The molecule has 0 bridgehead atoms. The van der Waals surface area contributed by atoms with E-state index in [4.69, 9.17) is 9.47 Å². The first-order chi connectivity index (χ1) is 11.1. The zero-order chi connectivity index (χ0) is 16.2. The number of nitrogens with zero attached hydrogens (tertiary/aromatic N) is 4. The van der Waals surface area contributed by atoms with Crippen molar-refractivity contribution in [3.05, 3.63) is 22.5 Å². The molecule has 2 saturated heterocycles. The predicted octanol–water partition coefficient (Wildman–Crippen LogP) is 0.935. The number of rotatable bonds is 5. The van der Waals surface area contributed by atoms with Crippen LogP contribution in [-0.4, -0.2) is 57.6 Å². The summed E-state index contributed by atoms with van der Waals surface area (Å²) in [6.07, 6.45) is 5.36. The average molecular weight is 324 g/mol. The van der Waals surface area contributed by atoms with Crippen LogP contribution in [0.5, 0.6) is 0 Å². The predicted molar refractivity (Wildman–Crippen MR) is 78.5 cm³/mol. The minimum Gasteiger partial charge on any atom is -0.348 e. The van der Waals surface area contributed by atoms with Crippen molar-refractivity contribution in [3.8, 4) is 0 Å². The summed E-state index contributed by atoms with van der Waals surface area (Å²) < 4.78 is 12.5. The van der Waals surface area contributed by atoms with Crippen LogP contribution in [0.2, 0.25) is 0 Å². The quantitative estimate of drug-likeness (QED) is 0.590. The third kappa shape index (κ3) is 3.67. The molecule has 0 radical (unpaired) electrons. The Kier molecular flexibility index (Phi) is 4.87. The van der Waals surface area contributed by atoms with E-state index < -0.39 is 4.92 Å². The highest BCUT2D eigenvalue weighted by Gasteiger charge is 2.35. The molecule has 23 heavy (non-hydrogen) atoms. The number of amides is 1. The lowest BCUT2D eigenvalue weighted by atomic mass is 10.0. The lowest BCUT2D eigenvalue weighted by molar-refractivity contribution is -0.385. The second-order valence-corrected chi connectivity index (χ2v) is 5.73. The van der Waals surface area contributed by atoms with Crippen LogP contribution >= 0.6 is 0 Å². The van der Waals surface area contributed by atoms with Crippen molar-refractivity contribution in [1.29, 1.82) is 0 Å². The van der Waals surface area contributed by atoms with Crippen LogP contribution in [0.4, 0.5) is 5.69 Å². The molecule has 2 aliphatic rings. The van der Waals surface area contributed by atoms with Gasteiger partial charge in [-0.15, -0.1) is 0 Å². The summed E-state index contributed by atoms with van der Waals surface area (Å²) in [6.45, 7) is 2.16. The maximum absolute atomic E-state index is 12.5. The summed E-state index contributed by atoms with van der Waals surface area (Å²) in [5, 5.41) is 14.5. The van der Waals surface area contributed by atoms with E-state index in [2.05, 4.69) is 5.10 Å². The zero-order valence-electron chi connectivity index (χ0n) is 12.8. The second-order valence-electron chi connectivity index (χ2n) is 5.73. The molecule has 3 rings (SSSR count). The molecule has 2 fully saturated rings. The molecule has 1 aromatic rings. The van der Waals surface area contributed by atoms with Crippen LogP contribution in [0.25, 0.3) is 0 Å². The summed E-state index contributed by atoms with van der Waals surface area (Å²) in [5.41, 5.74) is -0.0685. The van der Waals surface area contributed by atoms with Gasteiger partial charge in [0.25, 0.3) is 0 Å². The molecule has 3 heterocycles. The number of ether oxygens (including phenoxy) is 2. The molecule has 9 heteroatoms. The van der Waals surface area contributed by atoms with Crippen LogP contribution in [0.15, 0.2) is 12.4 Å². The number of aryl methyl sites for hydroxylation is 1. The molecule has 0 spiro atoms. The Labute approximate surface area is 133 Å². The van der Waals surface area contributed by atoms with E-state index >= 15 is 0 Å². The number of carbonyl (C=O) groups is 1. The van der Waals surface area contributed by atoms with Gasteiger partial charge in [0.1, 0.15) is 12.4 Å². The first kappa shape index (κ1) is 15.9. The van der Waals surface area contributed by atoms with Gasteiger partial charge in [-0.25, -0.2) is 0 Å². The lowest BCUT2D eigenvalue weighted by Crippen LogP contribution is -2.50. The molecule has 126 valence electrons. The molecule has 2 aliphatic heterocycles. The smallest absolute Gasteiger partial charge is 0.306 e. The molecular formula is C14H20N4O5. The third-order valence-corrected chi connectivity index (χ3v) is 4.22. The summed E-state index contributed by atoms with van der Waals surface area (Å²) in [6, 6.07) is -0.0364. The molecule has 1 unspecified atom stereocenters. The summed E-state index contributed by atoms with van der Waals surface area (Å²) in [7, 11) is 0. The minimum absolute atomic E-state index is 0.00644. The van der Waals surface area contributed by atoms with Gasteiger partial charge >= 0.3 is 5.69 Å². The van der Waals surface area contributed by atoms with Crippen LogP contribution in [0.1, 0.15) is 25.7 Å². The van der Waals surface area contributed by atoms with Crippen molar-refractivity contribution in [2.75, 3.05) is 19.8 Å². The van der Waals surface area contributed by atoms with Crippen molar-refractivity contribution in [3.63, 3.8) is 0 Å². The number of carbonyl (C=O) groups excluding carboxylic acids is 1. The maximum atomic E-state index is 12.5. The third-order valence-electron chi connectivity index (χ3n) is 4.22. The maximum Gasteiger partial charge on any atom is 0.306 e. The van der Waals surface area contributed by atoms with Crippen molar-refractivity contribution in [1.82, 2.24) is 14.7 Å². The van der Waals surface area contributed by atoms with Crippen LogP contribution in [-0.2, 0) is 20.8 Å². The summed E-state index contributed by atoms with van der Waals surface area (Å²) in [4.78, 5) is 24.5. The fourth-order valence-electron chi connectivity index (χ4n) is 3.07. The van der Waals surface area contributed by atoms with E-state index in [1.54, 1.807) is 0 Å². The molecule has 0 aromatic carbocycles. The Balaban J connectivity index is 1.57. The molecular weight excluding hydrogens is 304 g/mol. The summed E-state index contributed by atoms with van der Waals surface area (Å²) >= 11 is 0. The lowest BCUT2D eigenvalue weighted by Gasteiger charge is -2.38. The topological polar surface area (TPSA) is 99.7 Å². The Morgan fingerprint density at radius 1 is 1.39 bits per heavy atom. The van der Waals surface area contributed by atoms with E-state index in [0.29, 0.717) is 26.3 Å². The van der Waals surface area contributed by atoms with Gasteiger partial charge in [0.05, 0.1) is 24.2 Å². The van der Waals surface area contributed by atoms with Crippen molar-refractivity contribution in [2.45, 2.75) is 44.6 Å². The van der Waals surface area contributed by atoms with E-state index in [-0.39, 0.29) is 30.3 Å². The monoisotopic (exact) mass is 324 g/mol. The molecule has 1 aromatic heterocycles. The zero-order valence-corrected chi connectivity index (χ0v) is 12.8. The summed E-state index contributed by atoms with van der Waals surface area (Å²) in [5.74, 6) is 0.00644. The number of nitro groups is 1. The van der Waals surface area contributed by atoms with Crippen molar-refractivity contribution >= 4 is 11.6 Å². The molecule has 1 amide bonds. The van der Waals surface area contributed by atoms with Crippen LogP contribution in [0.3, 0.4) is 0 Å². The Hall–Kier alpha value is -2.00. The van der Waals surface area contributed by atoms with Crippen LogP contribution < -0.4 is 0 Å². The standard InChI is InChI=1S/C14H20N4O5/c19-13(4-6-16-10-11(9-15-16)18(20)21)17-5-2-1-3-12(17)14-22-7-8-23-14/h9-10,12,14H,1-8H2. The Morgan fingerprint density at radius 3 is 2.87 bits per heavy atom. The normalized spacial score (nSPS) is 22.4. The number of hydrogen-bond acceptors (Lipinski definition) is 6. The molecule has 0 aliphatic carbocycles. The highest BCUT2D eigenvalue weighted by atomic mass is 16.7. The van der Waals surface area contributed by atoms with Crippen LogP contribution in [0, 0.1) is 10.1 Å². The molecule has 9 nitrogen and oxygen atoms in total. The number of piperidine rings is 1. The highest BCUT2D eigenvalue weighted by Crippen LogP contribution is 2.25. The largest absolute Gasteiger partial charge is 0.348 e. The fraction of sp³-hybridized carbons (Fsp3) is 0.714. The van der Waals surface area contributed by atoms with Gasteiger partial charge in [0.2, 0.25) is 5.91 Å². The molecule has 1 atom stereocenters. The van der Waals surface area contributed by atoms with Gasteiger partial charge in [-0.1, -0.05) is 0 Å². The highest BCUT2D eigenvalue weighted by molar-refractivity contribution is 5.76. The second kappa shape index (κ2) is 7.05. The molecule has 0 N–H and O–H groups in total. The number of hydrogen-bond donors (Lipinski definition) is 0. The van der Waals surface area contributed by atoms with E-state index in [1.807, 2.05) is 4.90 Å². The van der Waals surface area contributed by atoms with Gasteiger partial charge in [-0.05, 0) is 19.3 Å². The number of likely N-dealkylation sites (tertiary alicyclic amines) is 1. The van der Waals surface area contributed by atoms with Crippen molar-refractivity contribution < 1.29 is 19.2 Å². The Bertz CT molecular complexity index is 569. The first-order valence-electron chi connectivity index (χ1n) is 7.84. The minimum atomic E-state index is -0.499. The van der Waals surface area contributed by atoms with E-state index in [0.717, 1.165) is 19.3 Å². The van der Waals surface area contributed by atoms with Gasteiger partial charge in [-0.3, -0.25) is 19.6 Å². The Morgan fingerprint density at radius 2 is 2.17 bits per heavy atom. The van der Waals surface area contributed by atoms with Gasteiger partial charge in [0.15, 0.2) is 6.29 Å². The van der Waals surface area contributed by atoms with Gasteiger partial charge in [0, 0.05) is 19.5 Å². The number of aromatic nitrogens is 2. The van der Waals surface area contributed by atoms with Gasteiger partial charge in [-0.2, -0.15) is 5.10 Å². The SMILES string of the molecule is O=C(CCn1cc([N+](=O)[O-])cn1)N1CCCCC1C1OCCO1. The first-order valence-corrected chi connectivity index (χ1v) is 7.84. The average Bonchev–Trinajstić information content (AvgIpc) is 3.24. The van der Waals surface area contributed by atoms with Crippen molar-refractivity contribution in [2.24, 2.45) is 0 Å².